The van der Waals surface area contributed by atoms with Gasteiger partial charge in [-0.15, -0.1) is 0 Å². The molecule has 0 saturated carbocycles. The highest BCUT2D eigenvalue weighted by Crippen LogP contribution is 2.51. The molecular weight excluding hydrogens is 767 g/mol. The zero-order valence-electron chi connectivity index (χ0n) is 26.2. The third kappa shape index (κ3) is 6.71. The summed E-state index contributed by atoms with van der Waals surface area (Å²) in [7, 11) is 1.47. The fourth-order valence-corrected chi connectivity index (χ4v) is 7.85. The summed E-state index contributed by atoms with van der Waals surface area (Å²) in [6.07, 6.45) is -7.52. The van der Waals surface area contributed by atoms with Crippen molar-refractivity contribution in [2.75, 3.05) is 18.6 Å². The summed E-state index contributed by atoms with van der Waals surface area (Å²) in [4.78, 5) is 27.9. The number of halogens is 7. The molecule has 2 saturated heterocycles. The third-order valence-electron chi connectivity index (χ3n) is 9.41. The van der Waals surface area contributed by atoms with Gasteiger partial charge in [0.2, 0.25) is 11.8 Å². The van der Waals surface area contributed by atoms with Crippen LogP contribution in [0.5, 0.6) is 11.5 Å². The number of hydrogen-bond donors (Lipinski definition) is 1. The Morgan fingerprint density at radius 3 is 2.24 bits per heavy atom. The average Bonchev–Trinajstić information content (AvgIpc) is 3.58. The largest absolute Gasteiger partial charge is 0.504 e. The van der Waals surface area contributed by atoms with Gasteiger partial charge in [0, 0.05) is 5.92 Å². The SMILES string of the molecule is COc1cc(/C=C(/CC[C@H]2OC[C@H]3C2=C(C)C[C@H]2C(=O)N(c4cc(C(F)(F)F)cc(C(F)(F)F)c4)C(=O)[C@H]23)c2ccccc2)cc(I)c1O. The molecule has 258 valence electrons. The maximum Gasteiger partial charge on any atom is 0.416 e. The zero-order chi connectivity index (χ0) is 35.4. The van der Waals surface area contributed by atoms with Crippen molar-refractivity contribution in [1.82, 2.24) is 0 Å². The van der Waals surface area contributed by atoms with Crippen molar-refractivity contribution < 1.29 is 50.5 Å². The quantitative estimate of drug-likeness (QED) is 0.0851. The molecule has 0 aromatic heterocycles. The molecule has 2 aliphatic heterocycles. The predicted molar refractivity (Wildman–Crippen MR) is 177 cm³/mol. The van der Waals surface area contributed by atoms with Gasteiger partial charge in [-0.2, -0.15) is 26.3 Å². The Bertz CT molecular complexity index is 1840. The van der Waals surface area contributed by atoms with Crippen LogP contribution in [0.3, 0.4) is 0 Å². The number of benzene rings is 3. The smallest absolute Gasteiger partial charge is 0.416 e. The van der Waals surface area contributed by atoms with E-state index in [-0.39, 0.29) is 24.8 Å². The van der Waals surface area contributed by atoms with Crippen LogP contribution in [0, 0.1) is 21.3 Å². The molecule has 6 nitrogen and oxygen atoms in total. The van der Waals surface area contributed by atoms with Gasteiger partial charge in [-0.05, 0) is 101 Å². The Kier molecular flexibility index (Phi) is 9.37. The lowest BCUT2D eigenvalue weighted by Gasteiger charge is -2.30. The van der Waals surface area contributed by atoms with Crippen molar-refractivity contribution >= 4 is 51.7 Å². The number of rotatable bonds is 7. The molecule has 0 bridgehead atoms. The first-order chi connectivity index (χ1) is 23.1. The third-order valence-corrected chi connectivity index (χ3v) is 10.2. The summed E-state index contributed by atoms with van der Waals surface area (Å²) in [6, 6.07) is 14.0. The van der Waals surface area contributed by atoms with E-state index in [0.29, 0.717) is 39.2 Å². The number of phenolic OH excluding ortho intramolecular Hbond substituents is 1. The van der Waals surface area contributed by atoms with Gasteiger partial charge in [0.1, 0.15) is 0 Å². The molecule has 1 N–H and O–H groups in total. The number of nitrogens with zero attached hydrogens (tertiary/aromatic N) is 1. The lowest BCUT2D eigenvalue weighted by molar-refractivity contribution is -0.143. The van der Waals surface area contributed by atoms with Crippen LogP contribution in [0.4, 0.5) is 32.0 Å². The highest BCUT2D eigenvalue weighted by atomic mass is 127. The lowest BCUT2D eigenvalue weighted by atomic mass is 9.70. The summed E-state index contributed by atoms with van der Waals surface area (Å²) >= 11 is 2.03. The number of allylic oxidation sites excluding steroid dienone is 2. The Hall–Kier alpha value is -3.85. The molecule has 3 aromatic carbocycles. The molecule has 2 fully saturated rings. The first kappa shape index (κ1) is 35.0. The van der Waals surface area contributed by atoms with Crippen molar-refractivity contribution in [2.45, 2.75) is 44.6 Å². The van der Waals surface area contributed by atoms with Gasteiger partial charge in [0.05, 0.1) is 52.0 Å². The number of imide groups is 1. The lowest BCUT2D eigenvalue weighted by Crippen LogP contribution is -2.34. The van der Waals surface area contributed by atoms with Crippen molar-refractivity contribution in [2.24, 2.45) is 17.8 Å². The number of carbonyl (C=O) groups is 2. The van der Waals surface area contributed by atoms with E-state index in [1.165, 1.54) is 7.11 Å². The molecular formula is C36H30F6INO5. The number of fused-ring (bicyclic) bond motifs is 3. The first-order valence-corrected chi connectivity index (χ1v) is 16.5. The maximum atomic E-state index is 13.8. The van der Waals surface area contributed by atoms with E-state index >= 15 is 0 Å². The molecule has 49 heavy (non-hydrogen) atoms. The molecule has 1 aliphatic carbocycles. The molecule has 3 aliphatic rings. The van der Waals surface area contributed by atoms with E-state index in [1.807, 2.05) is 72.0 Å². The number of alkyl halides is 6. The van der Waals surface area contributed by atoms with E-state index < -0.39 is 64.8 Å². The van der Waals surface area contributed by atoms with E-state index in [0.717, 1.165) is 27.8 Å². The van der Waals surface area contributed by atoms with Gasteiger partial charge in [0.25, 0.3) is 0 Å². The van der Waals surface area contributed by atoms with Crippen LogP contribution in [-0.2, 0) is 26.7 Å². The molecule has 6 rings (SSSR count). The second kappa shape index (κ2) is 13.1. The van der Waals surface area contributed by atoms with Crippen molar-refractivity contribution in [1.29, 1.82) is 0 Å². The number of anilines is 1. The van der Waals surface area contributed by atoms with E-state index in [1.54, 1.807) is 6.07 Å². The topological polar surface area (TPSA) is 76.1 Å². The summed E-state index contributed by atoms with van der Waals surface area (Å²) in [5.41, 5.74) is 0.435. The van der Waals surface area contributed by atoms with Crippen LogP contribution in [0.25, 0.3) is 11.6 Å². The zero-order valence-corrected chi connectivity index (χ0v) is 28.3. The number of amides is 2. The van der Waals surface area contributed by atoms with Crippen LogP contribution >= 0.6 is 22.6 Å². The van der Waals surface area contributed by atoms with Gasteiger partial charge in [0.15, 0.2) is 11.5 Å². The Morgan fingerprint density at radius 1 is 0.980 bits per heavy atom. The Balaban J connectivity index is 1.28. The van der Waals surface area contributed by atoms with Crippen molar-refractivity contribution in [3.63, 3.8) is 0 Å². The molecule has 0 unspecified atom stereocenters. The minimum atomic E-state index is -5.13. The Morgan fingerprint density at radius 2 is 1.63 bits per heavy atom. The first-order valence-electron chi connectivity index (χ1n) is 15.4. The second-order valence-electron chi connectivity index (χ2n) is 12.4. The van der Waals surface area contributed by atoms with Crippen molar-refractivity contribution in [3.8, 4) is 11.5 Å². The summed E-state index contributed by atoms with van der Waals surface area (Å²) in [5, 5.41) is 10.3. The van der Waals surface area contributed by atoms with Crippen LogP contribution in [-0.4, -0.2) is 36.7 Å². The molecule has 3 aromatic rings. The number of phenols is 1. The predicted octanol–water partition coefficient (Wildman–Crippen LogP) is 8.90. The number of hydrogen-bond acceptors (Lipinski definition) is 5. The minimum Gasteiger partial charge on any atom is -0.504 e. The van der Waals surface area contributed by atoms with Crippen LogP contribution in [0.2, 0.25) is 0 Å². The second-order valence-corrected chi connectivity index (χ2v) is 13.6. The molecule has 2 amide bonds. The summed E-state index contributed by atoms with van der Waals surface area (Å²) in [5.74, 6) is -3.74. The number of aromatic hydroxyl groups is 1. The summed E-state index contributed by atoms with van der Waals surface area (Å²) in [6.45, 7) is 1.91. The Labute approximate surface area is 291 Å². The highest BCUT2D eigenvalue weighted by Gasteiger charge is 2.57. The fourth-order valence-electron chi connectivity index (χ4n) is 7.22. The van der Waals surface area contributed by atoms with Crippen LogP contribution in [0.15, 0.2) is 71.8 Å². The molecule has 0 spiro atoms. The molecule has 0 radical (unpaired) electrons. The maximum absolute atomic E-state index is 13.8. The normalized spacial score (nSPS) is 22.9. The number of carbonyl (C=O) groups excluding carboxylic acids is 2. The van der Waals surface area contributed by atoms with Crippen LogP contribution < -0.4 is 9.64 Å². The van der Waals surface area contributed by atoms with E-state index in [9.17, 15) is 41.0 Å². The van der Waals surface area contributed by atoms with Gasteiger partial charge >= 0.3 is 12.4 Å². The highest BCUT2D eigenvalue weighted by molar-refractivity contribution is 14.1. The standard InChI is InChI=1S/C36H30F6INO5/c1-18-10-25-31(34(47)44(33(25)46)24-15-22(35(37,38)39)14-23(16-24)36(40,41)42)26-17-49-28(30(18)26)9-8-21(20-6-4-3-5-7-20)11-19-12-27(43)32(45)29(13-19)48-2/h3-7,11-16,25-26,28,31,45H,8-10,17H2,1-2H3/b21-11-/t25-,26+,28-,31-/m1/s1. The molecule has 4 atom stereocenters. The summed E-state index contributed by atoms with van der Waals surface area (Å²) < 4.78 is 93.8. The van der Waals surface area contributed by atoms with E-state index in [4.69, 9.17) is 9.47 Å². The number of ether oxygens (including phenoxy) is 2. The van der Waals surface area contributed by atoms with Gasteiger partial charge in [-0.25, -0.2) is 4.90 Å². The van der Waals surface area contributed by atoms with Gasteiger partial charge < -0.3 is 14.6 Å². The number of methoxy groups -OCH3 is 1. The average molecular weight is 798 g/mol. The van der Waals surface area contributed by atoms with Gasteiger partial charge in [-0.3, -0.25) is 9.59 Å². The molecule has 2 heterocycles. The fraction of sp³-hybridized carbons (Fsp3) is 0.333. The monoisotopic (exact) mass is 797 g/mol. The van der Waals surface area contributed by atoms with Gasteiger partial charge in [-0.1, -0.05) is 42.0 Å². The minimum absolute atomic E-state index is 0.0299. The van der Waals surface area contributed by atoms with Crippen LogP contribution in [0.1, 0.15) is 48.4 Å². The molecule has 13 heteroatoms. The van der Waals surface area contributed by atoms with Crippen molar-refractivity contribution in [3.05, 3.63) is 97.6 Å². The van der Waals surface area contributed by atoms with E-state index in [2.05, 4.69) is 0 Å².